The molecule has 0 spiro atoms. The fourth-order valence-corrected chi connectivity index (χ4v) is 5.73. The first kappa shape index (κ1) is 20.1. The lowest BCUT2D eigenvalue weighted by molar-refractivity contribution is 0.475. The molecule has 1 aromatic carbocycles. The topological polar surface area (TPSA) is 53.3 Å². The van der Waals surface area contributed by atoms with Crippen molar-refractivity contribution >= 4 is 23.0 Å². The molecule has 3 heterocycles. The van der Waals surface area contributed by atoms with Crippen LogP contribution in [0, 0.1) is 13.8 Å². The molecule has 2 aromatic heterocycles. The van der Waals surface area contributed by atoms with Gasteiger partial charge in [-0.05, 0) is 86.9 Å². The van der Waals surface area contributed by atoms with Gasteiger partial charge in [0, 0.05) is 29.3 Å². The van der Waals surface area contributed by atoms with Gasteiger partial charge in [-0.1, -0.05) is 18.9 Å². The lowest BCUT2D eigenvalue weighted by atomic mass is 9.96. The van der Waals surface area contributed by atoms with Crippen LogP contribution >= 0.6 is 12.2 Å². The number of nitrogens with zero attached hydrogens (tertiary/aromatic N) is 3. The van der Waals surface area contributed by atoms with Crippen molar-refractivity contribution in [1.82, 2.24) is 14.9 Å². The minimum Gasteiger partial charge on any atom is -0.508 e. The molecule has 160 valence electrons. The zero-order valence-corrected chi connectivity index (χ0v) is 18.8. The largest absolute Gasteiger partial charge is 0.508 e. The summed E-state index contributed by atoms with van der Waals surface area (Å²) in [6.07, 6.45) is 6.96. The van der Waals surface area contributed by atoms with Gasteiger partial charge in [0.25, 0.3) is 0 Å². The number of anilines is 1. The first-order valence-electron chi connectivity index (χ1n) is 11.0. The summed E-state index contributed by atoms with van der Waals surface area (Å²) in [7, 11) is 0. The molecule has 1 saturated heterocycles. The van der Waals surface area contributed by atoms with Crippen LogP contribution in [0.3, 0.4) is 0 Å². The number of aromatic nitrogens is 2. The first-order valence-corrected chi connectivity index (χ1v) is 11.4. The maximum Gasteiger partial charge on any atom is 0.174 e. The maximum atomic E-state index is 9.80. The third-order valence-corrected chi connectivity index (χ3v) is 7.07. The Bertz CT molecular complexity index is 1090. The molecule has 6 heteroatoms. The number of rotatable bonds is 4. The molecule has 1 aliphatic carbocycles. The quantitative estimate of drug-likeness (QED) is 0.533. The third-order valence-electron chi connectivity index (χ3n) is 6.76. The number of hydrogen-bond acceptors (Lipinski definition) is 3. The minimum atomic E-state index is -0.0555. The van der Waals surface area contributed by atoms with Crippen molar-refractivity contribution in [3.8, 4) is 5.75 Å². The molecule has 0 bridgehead atoms. The van der Waals surface area contributed by atoms with E-state index < -0.39 is 0 Å². The number of hydrogen-bond donors (Lipinski definition) is 2. The zero-order chi connectivity index (χ0) is 21.5. The number of thiocarbonyl (C=S) groups is 1. The first-order chi connectivity index (χ1) is 15.0. The van der Waals surface area contributed by atoms with Crippen LogP contribution in [0.2, 0.25) is 0 Å². The van der Waals surface area contributed by atoms with Crippen molar-refractivity contribution in [3.63, 3.8) is 0 Å². The van der Waals surface area contributed by atoms with E-state index in [2.05, 4.69) is 45.7 Å². The molecule has 5 nitrogen and oxygen atoms in total. The Morgan fingerprint density at radius 1 is 1.06 bits per heavy atom. The van der Waals surface area contributed by atoms with Crippen LogP contribution in [0.4, 0.5) is 5.69 Å². The summed E-state index contributed by atoms with van der Waals surface area (Å²) in [5, 5.41) is 14.0. The second-order valence-corrected chi connectivity index (χ2v) is 9.03. The molecule has 2 aliphatic rings. The Labute approximate surface area is 188 Å². The van der Waals surface area contributed by atoms with Crippen LogP contribution in [0.15, 0.2) is 54.7 Å². The lowest BCUT2D eigenvalue weighted by Gasteiger charge is -2.28. The third kappa shape index (κ3) is 3.49. The van der Waals surface area contributed by atoms with E-state index in [4.69, 9.17) is 12.2 Å². The number of benzene rings is 1. The zero-order valence-electron chi connectivity index (χ0n) is 18.0. The summed E-state index contributed by atoms with van der Waals surface area (Å²) < 4.78 is 2.54. The molecule has 31 heavy (non-hydrogen) atoms. The SMILES string of the molecule is Cc1cc([C@@H]2[C@@H](c3ccccn3)NC(=S)N2c2ccc(O)cc2)c(C)n1C1CCCC1. The summed E-state index contributed by atoms with van der Waals surface area (Å²) in [4.78, 5) is 6.83. The average Bonchev–Trinajstić information content (AvgIpc) is 3.47. The molecule has 1 saturated carbocycles. The number of aryl methyl sites for hydroxylation is 1. The second kappa shape index (κ2) is 8.00. The van der Waals surface area contributed by atoms with E-state index in [-0.39, 0.29) is 17.8 Å². The van der Waals surface area contributed by atoms with E-state index in [1.54, 1.807) is 12.1 Å². The molecule has 2 N–H and O–H groups in total. The number of phenols is 1. The highest BCUT2D eigenvalue weighted by Crippen LogP contribution is 2.44. The van der Waals surface area contributed by atoms with Crippen molar-refractivity contribution in [2.24, 2.45) is 0 Å². The summed E-state index contributed by atoms with van der Waals surface area (Å²) in [5.41, 5.74) is 5.83. The Hall–Kier alpha value is -2.86. The molecular weight excluding hydrogens is 404 g/mol. The highest BCUT2D eigenvalue weighted by molar-refractivity contribution is 7.80. The fourth-order valence-electron chi connectivity index (χ4n) is 5.39. The van der Waals surface area contributed by atoms with Gasteiger partial charge in [0.1, 0.15) is 5.75 Å². The molecule has 0 amide bonds. The molecule has 2 atom stereocenters. The van der Waals surface area contributed by atoms with Gasteiger partial charge >= 0.3 is 0 Å². The smallest absolute Gasteiger partial charge is 0.174 e. The number of pyridine rings is 1. The van der Waals surface area contributed by atoms with Gasteiger partial charge in [-0.3, -0.25) is 4.98 Å². The summed E-state index contributed by atoms with van der Waals surface area (Å²) in [5.74, 6) is 0.249. The Kier molecular flexibility index (Phi) is 5.18. The van der Waals surface area contributed by atoms with Crippen LogP contribution in [-0.4, -0.2) is 19.8 Å². The molecule has 0 radical (unpaired) electrons. The van der Waals surface area contributed by atoms with Crippen LogP contribution in [0.25, 0.3) is 0 Å². The van der Waals surface area contributed by atoms with Crippen LogP contribution in [0.1, 0.15) is 66.5 Å². The number of phenolic OH excluding ortho intramolecular Hbond substituents is 1. The van der Waals surface area contributed by atoms with E-state index in [9.17, 15) is 5.11 Å². The average molecular weight is 433 g/mol. The second-order valence-electron chi connectivity index (χ2n) is 8.65. The van der Waals surface area contributed by atoms with Crippen LogP contribution < -0.4 is 10.2 Å². The van der Waals surface area contributed by atoms with Crippen molar-refractivity contribution in [2.45, 2.75) is 57.7 Å². The Balaban J connectivity index is 1.64. The van der Waals surface area contributed by atoms with Gasteiger partial charge in [0.2, 0.25) is 0 Å². The van der Waals surface area contributed by atoms with E-state index >= 15 is 0 Å². The predicted octanol–water partition coefficient (Wildman–Crippen LogP) is 5.50. The van der Waals surface area contributed by atoms with Crippen LogP contribution in [0.5, 0.6) is 5.75 Å². The Morgan fingerprint density at radius 2 is 1.81 bits per heavy atom. The Morgan fingerprint density at radius 3 is 2.48 bits per heavy atom. The predicted molar refractivity (Wildman–Crippen MR) is 127 cm³/mol. The molecule has 1 aliphatic heterocycles. The van der Waals surface area contributed by atoms with Crippen molar-refractivity contribution < 1.29 is 5.11 Å². The minimum absolute atomic E-state index is 0.0201. The summed E-state index contributed by atoms with van der Waals surface area (Å²) >= 11 is 5.82. The molecular formula is C25H28N4OS. The van der Waals surface area contributed by atoms with Crippen molar-refractivity contribution in [2.75, 3.05) is 4.90 Å². The summed E-state index contributed by atoms with van der Waals surface area (Å²) in [6.45, 7) is 4.46. The molecule has 5 rings (SSSR count). The van der Waals surface area contributed by atoms with Gasteiger partial charge in [0.05, 0.1) is 17.8 Å². The number of aromatic hydroxyl groups is 1. The highest BCUT2D eigenvalue weighted by Gasteiger charge is 2.42. The lowest BCUT2D eigenvalue weighted by Crippen LogP contribution is -2.29. The number of nitrogens with one attached hydrogen (secondary N) is 1. The van der Waals surface area contributed by atoms with Crippen LogP contribution in [-0.2, 0) is 0 Å². The van der Waals surface area contributed by atoms with Gasteiger partial charge in [-0.15, -0.1) is 0 Å². The standard InChI is InChI=1S/C25H28N4OS/c1-16-15-21(17(2)28(16)18-7-3-4-8-18)24-23(22-9-5-6-14-26-22)27-25(31)29(24)19-10-12-20(30)13-11-19/h5-6,9-15,18,23-24,30H,3-4,7-8H2,1-2H3,(H,27,31)/t23-,24-/m1/s1. The van der Waals surface area contributed by atoms with Gasteiger partial charge in [-0.25, -0.2) is 0 Å². The maximum absolute atomic E-state index is 9.80. The van der Waals surface area contributed by atoms with Crippen molar-refractivity contribution in [3.05, 3.63) is 77.4 Å². The van der Waals surface area contributed by atoms with E-state index in [1.807, 2.05) is 30.5 Å². The van der Waals surface area contributed by atoms with E-state index in [0.717, 1.165) is 11.4 Å². The fraction of sp³-hybridized carbons (Fsp3) is 0.360. The van der Waals surface area contributed by atoms with Gasteiger partial charge in [0.15, 0.2) is 5.11 Å². The molecule has 3 aromatic rings. The van der Waals surface area contributed by atoms with E-state index in [0.29, 0.717) is 11.2 Å². The highest BCUT2D eigenvalue weighted by atomic mass is 32.1. The molecule has 2 fully saturated rings. The van der Waals surface area contributed by atoms with Crippen molar-refractivity contribution in [1.29, 1.82) is 0 Å². The van der Waals surface area contributed by atoms with Gasteiger partial charge < -0.3 is 19.9 Å². The normalized spacial score (nSPS) is 21.6. The van der Waals surface area contributed by atoms with E-state index in [1.165, 1.54) is 42.6 Å². The van der Waals surface area contributed by atoms with Gasteiger partial charge in [-0.2, -0.15) is 0 Å². The molecule has 0 unspecified atom stereocenters. The summed E-state index contributed by atoms with van der Waals surface area (Å²) in [6, 6.07) is 16.1. The monoisotopic (exact) mass is 432 g/mol.